The molecule has 0 saturated heterocycles. The van der Waals surface area contributed by atoms with Gasteiger partial charge in [0.1, 0.15) is 11.5 Å². The molecule has 1 aromatic heterocycles. The van der Waals surface area contributed by atoms with Crippen LogP contribution in [-0.2, 0) is 13.6 Å². The third-order valence-electron chi connectivity index (χ3n) is 6.20. The number of fused-ring (bicyclic) bond motifs is 1. The number of amides is 1. The van der Waals surface area contributed by atoms with Crippen LogP contribution in [0.3, 0.4) is 0 Å². The summed E-state index contributed by atoms with van der Waals surface area (Å²) in [5, 5.41) is 9.75. The zero-order chi connectivity index (χ0) is 21.3. The molecular formula is C24H29N3O3. The van der Waals surface area contributed by atoms with Gasteiger partial charge in [-0.15, -0.1) is 0 Å². The van der Waals surface area contributed by atoms with Crippen molar-refractivity contribution in [2.24, 2.45) is 12.5 Å². The minimum Gasteiger partial charge on any atom is -0.465 e. The monoisotopic (exact) mass is 407 g/mol. The number of nitrogens with zero attached hydrogens (tertiary/aromatic N) is 3. The Morgan fingerprint density at radius 3 is 2.50 bits per heavy atom. The van der Waals surface area contributed by atoms with Crippen LogP contribution in [0.15, 0.2) is 48.8 Å². The molecule has 6 nitrogen and oxygen atoms in total. The Balaban J connectivity index is 1.42. The number of ether oxygens (including phenoxy) is 1. The van der Waals surface area contributed by atoms with Crippen LogP contribution in [0.2, 0.25) is 0 Å². The third-order valence-corrected chi connectivity index (χ3v) is 6.20. The first-order valence-electron chi connectivity index (χ1n) is 10.5. The van der Waals surface area contributed by atoms with E-state index in [1.807, 2.05) is 54.1 Å². The maximum atomic E-state index is 11.9. The maximum Gasteiger partial charge on any atom is 0.407 e. The minimum absolute atomic E-state index is 0.0940. The van der Waals surface area contributed by atoms with E-state index in [-0.39, 0.29) is 6.04 Å². The number of aryl methyl sites for hydroxylation is 1. The van der Waals surface area contributed by atoms with E-state index in [1.165, 1.54) is 0 Å². The molecule has 1 fully saturated rings. The Morgan fingerprint density at radius 1 is 1.17 bits per heavy atom. The second kappa shape index (κ2) is 8.01. The van der Waals surface area contributed by atoms with Crippen molar-refractivity contribution in [2.45, 2.75) is 52.1 Å². The maximum absolute atomic E-state index is 11.9. The summed E-state index contributed by atoms with van der Waals surface area (Å²) in [4.78, 5) is 17.8. The van der Waals surface area contributed by atoms with Crippen molar-refractivity contribution < 1.29 is 14.6 Å². The van der Waals surface area contributed by atoms with Gasteiger partial charge >= 0.3 is 6.09 Å². The van der Waals surface area contributed by atoms with Crippen LogP contribution >= 0.6 is 0 Å². The van der Waals surface area contributed by atoms with Gasteiger partial charge in [0, 0.05) is 25.7 Å². The van der Waals surface area contributed by atoms with Crippen molar-refractivity contribution in [3.05, 3.63) is 54.4 Å². The van der Waals surface area contributed by atoms with Crippen molar-refractivity contribution in [2.75, 3.05) is 0 Å². The van der Waals surface area contributed by atoms with Gasteiger partial charge in [-0.25, -0.2) is 9.78 Å². The Hall–Kier alpha value is -3.02. The van der Waals surface area contributed by atoms with Gasteiger partial charge in [-0.2, -0.15) is 0 Å². The van der Waals surface area contributed by atoms with Crippen molar-refractivity contribution in [1.82, 2.24) is 14.5 Å². The number of carboxylic acid groups (broad SMARTS) is 1. The highest BCUT2D eigenvalue weighted by Crippen LogP contribution is 2.37. The number of aromatic nitrogens is 2. The molecule has 1 saturated carbocycles. The van der Waals surface area contributed by atoms with Crippen molar-refractivity contribution in [3.63, 3.8) is 0 Å². The SMILES string of the molecule is Cn1cnc2cc(Oc3ccc(CN(C(=O)O)C4CCC(C)(C)CC4)cc3)ccc21. The van der Waals surface area contributed by atoms with E-state index in [1.54, 1.807) is 11.2 Å². The molecule has 0 atom stereocenters. The summed E-state index contributed by atoms with van der Waals surface area (Å²) in [6.45, 7) is 4.93. The molecule has 0 aliphatic heterocycles. The highest BCUT2D eigenvalue weighted by Gasteiger charge is 2.32. The number of hydrogen-bond acceptors (Lipinski definition) is 3. The van der Waals surface area contributed by atoms with Gasteiger partial charge in [-0.3, -0.25) is 0 Å². The van der Waals surface area contributed by atoms with E-state index >= 15 is 0 Å². The highest BCUT2D eigenvalue weighted by atomic mass is 16.5. The number of rotatable bonds is 5. The number of benzene rings is 2. The summed E-state index contributed by atoms with van der Waals surface area (Å²) >= 11 is 0. The lowest BCUT2D eigenvalue weighted by Gasteiger charge is -2.39. The molecule has 3 aromatic rings. The lowest BCUT2D eigenvalue weighted by atomic mass is 9.75. The summed E-state index contributed by atoms with van der Waals surface area (Å²) < 4.78 is 7.93. The van der Waals surface area contributed by atoms with Crippen LogP contribution in [0.5, 0.6) is 11.5 Å². The zero-order valence-corrected chi connectivity index (χ0v) is 17.8. The highest BCUT2D eigenvalue weighted by molar-refractivity contribution is 5.77. The molecule has 1 amide bonds. The minimum atomic E-state index is -0.844. The van der Waals surface area contributed by atoms with Crippen molar-refractivity contribution in [3.8, 4) is 11.5 Å². The zero-order valence-electron chi connectivity index (χ0n) is 17.8. The fourth-order valence-corrected chi connectivity index (χ4v) is 4.22. The van der Waals surface area contributed by atoms with E-state index in [2.05, 4.69) is 18.8 Å². The largest absolute Gasteiger partial charge is 0.465 e. The molecule has 6 heteroatoms. The van der Waals surface area contributed by atoms with Crippen molar-refractivity contribution in [1.29, 1.82) is 0 Å². The molecule has 158 valence electrons. The van der Waals surface area contributed by atoms with Crippen LogP contribution in [0.25, 0.3) is 11.0 Å². The van der Waals surface area contributed by atoms with Gasteiger partial charge in [0.25, 0.3) is 0 Å². The molecule has 2 aromatic carbocycles. The van der Waals surface area contributed by atoms with Crippen LogP contribution < -0.4 is 4.74 Å². The molecule has 0 radical (unpaired) electrons. The first kappa shape index (κ1) is 20.3. The topological polar surface area (TPSA) is 67.6 Å². The summed E-state index contributed by atoms with van der Waals surface area (Å²) in [6, 6.07) is 13.6. The fraction of sp³-hybridized carbons (Fsp3) is 0.417. The smallest absolute Gasteiger partial charge is 0.407 e. The van der Waals surface area contributed by atoms with Crippen LogP contribution in [0.4, 0.5) is 4.79 Å². The Labute approximate surface area is 177 Å². The summed E-state index contributed by atoms with van der Waals surface area (Å²) in [5.74, 6) is 1.45. The van der Waals surface area contributed by atoms with Gasteiger partial charge < -0.3 is 19.3 Å². The lowest BCUT2D eigenvalue weighted by Crippen LogP contribution is -2.42. The molecular weight excluding hydrogens is 378 g/mol. The molecule has 0 unspecified atom stereocenters. The number of imidazole rings is 1. The number of hydrogen-bond donors (Lipinski definition) is 1. The van der Waals surface area contributed by atoms with Gasteiger partial charge in [0.15, 0.2) is 0 Å². The van der Waals surface area contributed by atoms with Crippen LogP contribution in [0, 0.1) is 5.41 Å². The van der Waals surface area contributed by atoms with Crippen LogP contribution in [0.1, 0.15) is 45.1 Å². The predicted molar refractivity (Wildman–Crippen MR) is 117 cm³/mol. The van der Waals surface area contributed by atoms with Crippen molar-refractivity contribution >= 4 is 17.1 Å². The Bertz CT molecular complexity index is 1030. The fourth-order valence-electron chi connectivity index (χ4n) is 4.22. The molecule has 1 aliphatic carbocycles. The molecule has 0 bridgehead atoms. The quantitative estimate of drug-likeness (QED) is 0.579. The van der Waals surface area contributed by atoms with E-state index in [4.69, 9.17) is 4.74 Å². The normalized spacial score (nSPS) is 16.5. The second-order valence-electron chi connectivity index (χ2n) is 9.06. The Morgan fingerprint density at radius 2 is 1.83 bits per heavy atom. The van der Waals surface area contributed by atoms with Gasteiger partial charge in [0.05, 0.1) is 17.4 Å². The van der Waals surface area contributed by atoms with Crippen LogP contribution in [-0.4, -0.2) is 31.7 Å². The number of carbonyl (C=O) groups is 1. The predicted octanol–water partition coefficient (Wildman–Crippen LogP) is 5.81. The molecule has 1 heterocycles. The molecule has 4 rings (SSSR count). The first-order valence-corrected chi connectivity index (χ1v) is 10.5. The van der Waals surface area contributed by atoms with E-state index < -0.39 is 6.09 Å². The lowest BCUT2D eigenvalue weighted by molar-refractivity contribution is 0.0852. The van der Waals surface area contributed by atoms with Gasteiger partial charge in [-0.05, 0) is 60.9 Å². The van der Waals surface area contributed by atoms with E-state index in [9.17, 15) is 9.90 Å². The molecule has 1 N–H and O–H groups in total. The molecule has 0 spiro atoms. The summed E-state index contributed by atoms with van der Waals surface area (Å²) in [7, 11) is 1.96. The molecule has 30 heavy (non-hydrogen) atoms. The molecule has 1 aliphatic rings. The second-order valence-corrected chi connectivity index (χ2v) is 9.06. The standard InChI is InChI=1S/C24H29N3O3/c1-24(2)12-10-18(11-13-24)27(23(28)29)15-17-4-6-19(7-5-17)30-20-8-9-22-21(14-20)25-16-26(22)3/h4-9,14,16,18H,10-13,15H2,1-3H3,(H,28,29). The average Bonchev–Trinajstić information content (AvgIpc) is 3.08. The van der Waals surface area contributed by atoms with E-state index in [0.717, 1.165) is 53.8 Å². The average molecular weight is 408 g/mol. The summed E-state index contributed by atoms with van der Waals surface area (Å²) in [6.07, 6.45) is 4.92. The third kappa shape index (κ3) is 4.42. The first-order chi connectivity index (χ1) is 14.3. The van der Waals surface area contributed by atoms with E-state index in [0.29, 0.717) is 12.0 Å². The van der Waals surface area contributed by atoms with Gasteiger partial charge in [-0.1, -0.05) is 26.0 Å². The summed E-state index contributed by atoms with van der Waals surface area (Å²) in [5.41, 5.74) is 3.23. The Kier molecular flexibility index (Phi) is 5.41. The van der Waals surface area contributed by atoms with Gasteiger partial charge in [0.2, 0.25) is 0 Å².